The molecule has 128 valence electrons. The second-order valence-electron chi connectivity index (χ2n) is 4.59. The van der Waals surface area contributed by atoms with Crippen molar-refractivity contribution in [3.63, 3.8) is 0 Å². The molecule has 1 aromatic carbocycles. The normalized spacial score (nSPS) is 15.3. The van der Waals surface area contributed by atoms with E-state index in [4.69, 9.17) is 26.4 Å². The highest BCUT2D eigenvalue weighted by Crippen LogP contribution is 2.31. The molecule has 1 aromatic rings. The van der Waals surface area contributed by atoms with Crippen LogP contribution in [0.3, 0.4) is 0 Å². The molecule has 8 heteroatoms. The highest BCUT2D eigenvalue weighted by molar-refractivity contribution is 8.26. The van der Waals surface area contributed by atoms with Gasteiger partial charge in [-0.2, -0.15) is 0 Å². The Morgan fingerprint density at radius 2 is 2.04 bits per heavy atom. The van der Waals surface area contributed by atoms with E-state index in [1.54, 1.807) is 31.2 Å². The molecule has 24 heavy (non-hydrogen) atoms. The minimum atomic E-state index is -0.446. The largest absolute Gasteiger partial charge is 0.490 e. The summed E-state index contributed by atoms with van der Waals surface area (Å²) in [5.41, 5.74) is 0.768. The number of rotatable bonds is 7. The van der Waals surface area contributed by atoms with E-state index >= 15 is 0 Å². The first-order valence-corrected chi connectivity index (χ1v) is 8.56. The molecule has 2 rings (SSSR count). The second-order valence-corrected chi connectivity index (χ2v) is 6.30. The van der Waals surface area contributed by atoms with Gasteiger partial charge in [-0.05, 0) is 37.6 Å². The van der Waals surface area contributed by atoms with Gasteiger partial charge in [0.1, 0.15) is 4.32 Å². The minimum Gasteiger partial charge on any atom is -0.490 e. The van der Waals surface area contributed by atoms with Gasteiger partial charge >= 0.3 is 5.97 Å². The summed E-state index contributed by atoms with van der Waals surface area (Å²) in [4.78, 5) is 23.6. The lowest BCUT2D eigenvalue weighted by atomic mass is 10.2. The molecule has 0 aromatic heterocycles. The van der Waals surface area contributed by atoms with Crippen LogP contribution in [0, 0.1) is 0 Å². The Morgan fingerprint density at radius 1 is 1.25 bits per heavy atom. The van der Waals surface area contributed by atoms with Crippen molar-refractivity contribution in [2.24, 2.45) is 0 Å². The SMILES string of the molecule is CCOC(=O)COc1ccc(/C=C2/SC(=S)NC2=O)cc1OCC. The summed E-state index contributed by atoms with van der Waals surface area (Å²) >= 11 is 6.17. The third kappa shape index (κ3) is 4.97. The predicted molar refractivity (Wildman–Crippen MR) is 96.0 cm³/mol. The zero-order valence-electron chi connectivity index (χ0n) is 13.3. The van der Waals surface area contributed by atoms with Crippen molar-refractivity contribution in [3.8, 4) is 11.5 Å². The molecule has 0 bridgehead atoms. The zero-order valence-corrected chi connectivity index (χ0v) is 14.9. The zero-order chi connectivity index (χ0) is 17.5. The first-order chi connectivity index (χ1) is 11.5. The van der Waals surface area contributed by atoms with Gasteiger partial charge in [0, 0.05) is 0 Å². The quantitative estimate of drug-likeness (QED) is 0.451. The molecule has 1 saturated heterocycles. The summed E-state index contributed by atoms with van der Waals surface area (Å²) in [5.74, 6) is 0.262. The van der Waals surface area contributed by atoms with Crippen LogP contribution in [0.2, 0.25) is 0 Å². The van der Waals surface area contributed by atoms with Crippen LogP contribution in [0.15, 0.2) is 23.1 Å². The molecule has 1 fully saturated rings. The molecule has 0 saturated carbocycles. The monoisotopic (exact) mass is 367 g/mol. The lowest BCUT2D eigenvalue weighted by Gasteiger charge is -2.12. The summed E-state index contributed by atoms with van der Waals surface area (Å²) in [5, 5.41) is 2.56. The van der Waals surface area contributed by atoms with E-state index in [1.807, 2.05) is 6.92 Å². The Balaban J connectivity index is 2.16. The van der Waals surface area contributed by atoms with Gasteiger partial charge in [-0.25, -0.2) is 4.79 Å². The van der Waals surface area contributed by atoms with E-state index in [-0.39, 0.29) is 12.5 Å². The second kappa shape index (κ2) is 8.70. The van der Waals surface area contributed by atoms with Crippen LogP contribution in [0.5, 0.6) is 11.5 Å². The highest BCUT2D eigenvalue weighted by Gasteiger charge is 2.22. The molecular weight excluding hydrogens is 350 g/mol. The van der Waals surface area contributed by atoms with Crippen molar-refractivity contribution >= 4 is 46.3 Å². The molecule has 0 unspecified atom stereocenters. The van der Waals surface area contributed by atoms with Gasteiger partial charge in [0.25, 0.3) is 5.91 Å². The Kier molecular flexibility index (Phi) is 6.62. The van der Waals surface area contributed by atoms with Crippen molar-refractivity contribution in [2.75, 3.05) is 19.8 Å². The number of ether oxygens (including phenoxy) is 3. The molecule has 1 heterocycles. The Labute approximate surface area is 149 Å². The molecule has 0 aliphatic carbocycles. The number of amides is 1. The maximum Gasteiger partial charge on any atom is 0.344 e. The molecule has 0 atom stereocenters. The van der Waals surface area contributed by atoms with Crippen molar-refractivity contribution in [3.05, 3.63) is 28.7 Å². The molecule has 0 spiro atoms. The van der Waals surface area contributed by atoms with E-state index in [2.05, 4.69) is 5.32 Å². The minimum absolute atomic E-state index is 0.194. The van der Waals surface area contributed by atoms with Crippen LogP contribution in [0.4, 0.5) is 0 Å². The van der Waals surface area contributed by atoms with Crippen LogP contribution < -0.4 is 14.8 Å². The average molecular weight is 367 g/mol. The number of thiocarbonyl (C=S) groups is 1. The first kappa shape index (κ1) is 18.3. The van der Waals surface area contributed by atoms with Gasteiger partial charge in [-0.1, -0.05) is 30.0 Å². The number of carbonyl (C=O) groups excluding carboxylic acids is 2. The Hall–Kier alpha value is -2.06. The van der Waals surface area contributed by atoms with Crippen LogP contribution >= 0.6 is 24.0 Å². The van der Waals surface area contributed by atoms with Crippen molar-refractivity contribution in [1.29, 1.82) is 0 Å². The summed E-state index contributed by atoms with van der Waals surface area (Å²) in [6.45, 7) is 4.12. The fourth-order valence-electron chi connectivity index (χ4n) is 1.91. The Morgan fingerprint density at radius 3 is 2.67 bits per heavy atom. The summed E-state index contributed by atoms with van der Waals surface area (Å²) in [6.07, 6.45) is 1.72. The van der Waals surface area contributed by atoms with E-state index in [0.717, 1.165) is 5.56 Å². The topological polar surface area (TPSA) is 73.9 Å². The standard InChI is InChI=1S/C16H17NO5S2/c1-3-20-12-7-10(8-13-15(19)17-16(23)24-13)5-6-11(12)22-9-14(18)21-4-2/h5-8H,3-4,9H2,1-2H3,(H,17,19,23)/b13-8+. The summed E-state index contributed by atoms with van der Waals surface area (Å²) < 4.78 is 16.2. The van der Waals surface area contributed by atoms with Crippen molar-refractivity contribution in [2.45, 2.75) is 13.8 Å². The van der Waals surface area contributed by atoms with Crippen LogP contribution in [-0.2, 0) is 14.3 Å². The molecule has 1 aliphatic heterocycles. The van der Waals surface area contributed by atoms with Crippen LogP contribution in [0.25, 0.3) is 6.08 Å². The van der Waals surface area contributed by atoms with Crippen LogP contribution in [0.1, 0.15) is 19.4 Å². The maximum atomic E-state index is 11.7. The van der Waals surface area contributed by atoms with Gasteiger partial charge in [0.05, 0.1) is 18.1 Å². The number of benzene rings is 1. The number of esters is 1. The number of carbonyl (C=O) groups is 2. The number of nitrogens with one attached hydrogen (secondary N) is 1. The number of hydrogen-bond donors (Lipinski definition) is 1. The van der Waals surface area contributed by atoms with E-state index < -0.39 is 5.97 Å². The Bertz CT molecular complexity index is 687. The smallest absolute Gasteiger partial charge is 0.344 e. The van der Waals surface area contributed by atoms with Crippen molar-refractivity contribution in [1.82, 2.24) is 5.32 Å². The average Bonchev–Trinajstić information content (AvgIpc) is 2.85. The van der Waals surface area contributed by atoms with Gasteiger partial charge in [0.2, 0.25) is 0 Å². The molecule has 1 aliphatic rings. The van der Waals surface area contributed by atoms with Crippen molar-refractivity contribution < 1.29 is 23.8 Å². The number of hydrogen-bond acceptors (Lipinski definition) is 7. The lowest BCUT2D eigenvalue weighted by Crippen LogP contribution is -2.17. The van der Waals surface area contributed by atoms with Gasteiger partial charge in [-0.3, -0.25) is 4.79 Å². The number of thioether (sulfide) groups is 1. The molecular formula is C16H17NO5S2. The van der Waals surface area contributed by atoms with E-state index in [0.29, 0.717) is 33.9 Å². The third-order valence-corrected chi connectivity index (χ3v) is 4.02. The fraction of sp³-hybridized carbons (Fsp3) is 0.312. The summed E-state index contributed by atoms with van der Waals surface area (Å²) in [7, 11) is 0. The lowest BCUT2D eigenvalue weighted by molar-refractivity contribution is -0.145. The molecule has 0 radical (unpaired) electrons. The predicted octanol–water partition coefficient (Wildman–Crippen LogP) is 2.52. The highest BCUT2D eigenvalue weighted by atomic mass is 32.2. The molecule has 6 nitrogen and oxygen atoms in total. The third-order valence-electron chi connectivity index (χ3n) is 2.86. The van der Waals surface area contributed by atoms with Gasteiger partial charge in [-0.15, -0.1) is 0 Å². The van der Waals surface area contributed by atoms with E-state index in [9.17, 15) is 9.59 Å². The summed E-state index contributed by atoms with van der Waals surface area (Å²) in [6, 6.07) is 5.20. The van der Waals surface area contributed by atoms with Gasteiger partial charge in [0.15, 0.2) is 18.1 Å². The molecule has 1 amide bonds. The first-order valence-electron chi connectivity index (χ1n) is 7.33. The van der Waals surface area contributed by atoms with Crippen LogP contribution in [-0.4, -0.2) is 36.0 Å². The van der Waals surface area contributed by atoms with E-state index in [1.165, 1.54) is 11.8 Å². The molecule has 1 N–H and O–H groups in total. The fourth-order valence-corrected chi connectivity index (χ4v) is 2.96. The van der Waals surface area contributed by atoms with Gasteiger partial charge < -0.3 is 19.5 Å². The maximum absolute atomic E-state index is 11.7.